The molecule has 0 bridgehead atoms. The molecule has 19 heavy (non-hydrogen) atoms. The third-order valence-corrected chi connectivity index (χ3v) is 3.93. The van der Waals surface area contributed by atoms with Crippen molar-refractivity contribution in [2.24, 2.45) is 0 Å². The van der Waals surface area contributed by atoms with Crippen LogP contribution in [-0.4, -0.2) is 11.0 Å². The molecule has 3 N–H and O–H groups in total. The van der Waals surface area contributed by atoms with Gasteiger partial charge in [-0.15, -0.1) is 0 Å². The predicted octanol–water partition coefficient (Wildman–Crippen LogP) is 3.87. The van der Waals surface area contributed by atoms with Gasteiger partial charge in [-0.3, -0.25) is 4.98 Å². The van der Waals surface area contributed by atoms with Crippen molar-refractivity contribution < 1.29 is 0 Å². The molecule has 0 saturated heterocycles. The molecule has 3 nitrogen and oxygen atoms in total. The first-order valence-electron chi connectivity index (χ1n) is 7.16. The second-order valence-electron chi connectivity index (χ2n) is 5.57. The van der Waals surface area contributed by atoms with Gasteiger partial charge in [-0.1, -0.05) is 19.3 Å². The summed E-state index contributed by atoms with van der Waals surface area (Å²) in [6.45, 7) is 2.04. The van der Waals surface area contributed by atoms with Crippen LogP contribution in [-0.2, 0) is 0 Å². The number of anilines is 2. The number of fused-ring (bicyclic) bond motifs is 1. The minimum Gasteiger partial charge on any atom is -0.399 e. The highest BCUT2D eigenvalue weighted by atomic mass is 14.9. The van der Waals surface area contributed by atoms with Crippen LogP contribution in [0.2, 0.25) is 0 Å². The second kappa shape index (κ2) is 5.08. The van der Waals surface area contributed by atoms with Crippen molar-refractivity contribution in [2.75, 3.05) is 11.1 Å². The van der Waals surface area contributed by atoms with Gasteiger partial charge in [0, 0.05) is 28.5 Å². The lowest BCUT2D eigenvalue weighted by atomic mass is 9.95. The lowest BCUT2D eigenvalue weighted by molar-refractivity contribution is 0.463. The van der Waals surface area contributed by atoms with Crippen molar-refractivity contribution in [1.82, 2.24) is 4.98 Å². The number of nitrogen functional groups attached to an aromatic ring is 1. The highest BCUT2D eigenvalue weighted by Gasteiger charge is 2.14. The van der Waals surface area contributed by atoms with Crippen LogP contribution >= 0.6 is 0 Å². The molecule has 100 valence electrons. The van der Waals surface area contributed by atoms with E-state index in [-0.39, 0.29) is 0 Å². The van der Waals surface area contributed by atoms with Crippen LogP contribution in [0.3, 0.4) is 0 Å². The van der Waals surface area contributed by atoms with Gasteiger partial charge in [-0.25, -0.2) is 0 Å². The highest BCUT2D eigenvalue weighted by Crippen LogP contribution is 2.28. The summed E-state index contributed by atoms with van der Waals surface area (Å²) < 4.78 is 0. The zero-order valence-electron chi connectivity index (χ0n) is 11.4. The smallest absolute Gasteiger partial charge is 0.0727 e. The first kappa shape index (κ1) is 12.3. The molecule has 1 aromatic carbocycles. The Kier molecular flexibility index (Phi) is 3.28. The van der Waals surface area contributed by atoms with Gasteiger partial charge < -0.3 is 11.1 Å². The number of benzene rings is 1. The van der Waals surface area contributed by atoms with Gasteiger partial charge in [0.1, 0.15) is 0 Å². The summed E-state index contributed by atoms with van der Waals surface area (Å²) in [5.41, 5.74) is 9.96. The minimum atomic E-state index is 0.597. The molecule has 0 radical (unpaired) electrons. The fraction of sp³-hybridized carbons (Fsp3) is 0.438. The number of aryl methyl sites for hydroxylation is 1. The van der Waals surface area contributed by atoms with E-state index in [9.17, 15) is 0 Å². The van der Waals surface area contributed by atoms with Crippen LogP contribution in [0.5, 0.6) is 0 Å². The molecule has 1 aromatic heterocycles. The number of aromatic nitrogens is 1. The average molecular weight is 255 g/mol. The van der Waals surface area contributed by atoms with Gasteiger partial charge in [0.15, 0.2) is 0 Å². The zero-order valence-corrected chi connectivity index (χ0v) is 11.4. The maximum Gasteiger partial charge on any atom is 0.0727 e. The Hall–Kier alpha value is -1.77. The van der Waals surface area contributed by atoms with E-state index in [2.05, 4.69) is 16.4 Å². The summed E-state index contributed by atoms with van der Waals surface area (Å²) in [5.74, 6) is 0. The third kappa shape index (κ3) is 2.65. The molecule has 3 heteroatoms. The Morgan fingerprint density at radius 3 is 2.74 bits per heavy atom. The molecule has 2 aromatic rings. The van der Waals surface area contributed by atoms with Gasteiger partial charge in [-0.2, -0.15) is 0 Å². The van der Waals surface area contributed by atoms with E-state index in [1.807, 2.05) is 25.1 Å². The molecule has 0 spiro atoms. The van der Waals surface area contributed by atoms with Crippen molar-refractivity contribution in [3.05, 3.63) is 30.0 Å². The minimum absolute atomic E-state index is 0.597. The first-order chi connectivity index (χ1) is 9.22. The molecule has 1 fully saturated rings. The largest absolute Gasteiger partial charge is 0.399 e. The fourth-order valence-electron chi connectivity index (χ4n) is 2.96. The average Bonchev–Trinajstić information content (AvgIpc) is 2.41. The van der Waals surface area contributed by atoms with E-state index < -0.39 is 0 Å². The van der Waals surface area contributed by atoms with Gasteiger partial charge in [0.2, 0.25) is 0 Å². The lowest BCUT2D eigenvalue weighted by Crippen LogP contribution is -2.22. The van der Waals surface area contributed by atoms with Crippen molar-refractivity contribution in [3.8, 4) is 0 Å². The maximum absolute atomic E-state index is 5.91. The Morgan fingerprint density at radius 1 is 1.16 bits per heavy atom. The molecule has 0 unspecified atom stereocenters. The van der Waals surface area contributed by atoms with E-state index in [1.54, 1.807) is 0 Å². The molecule has 1 saturated carbocycles. The summed E-state index contributed by atoms with van der Waals surface area (Å²) in [4.78, 5) is 4.57. The number of nitrogens with one attached hydrogen (secondary N) is 1. The van der Waals surface area contributed by atoms with Crippen LogP contribution in [0, 0.1) is 6.92 Å². The quantitative estimate of drug-likeness (QED) is 0.801. The van der Waals surface area contributed by atoms with E-state index in [4.69, 9.17) is 5.73 Å². The molecule has 0 amide bonds. The normalized spacial score (nSPS) is 16.7. The van der Waals surface area contributed by atoms with Gasteiger partial charge in [0.05, 0.1) is 5.52 Å². The van der Waals surface area contributed by atoms with E-state index in [0.717, 1.165) is 22.3 Å². The summed E-state index contributed by atoms with van der Waals surface area (Å²) in [7, 11) is 0. The number of pyridine rings is 1. The van der Waals surface area contributed by atoms with Crippen molar-refractivity contribution in [1.29, 1.82) is 0 Å². The second-order valence-corrected chi connectivity index (χ2v) is 5.57. The topological polar surface area (TPSA) is 50.9 Å². The molecule has 1 heterocycles. The Balaban J connectivity index is 1.98. The number of rotatable bonds is 2. The monoisotopic (exact) mass is 255 g/mol. The summed E-state index contributed by atoms with van der Waals surface area (Å²) in [6, 6.07) is 8.67. The molecule has 1 aliphatic rings. The number of nitrogens with zero attached hydrogens (tertiary/aromatic N) is 1. The van der Waals surface area contributed by atoms with Crippen molar-refractivity contribution in [2.45, 2.75) is 45.1 Å². The molecule has 0 atom stereocenters. The number of nitrogens with two attached hydrogens (primary N) is 1. The molecule has 1 aliphatic carbocycles. The van der Waals surface area contributed by atoms with Crippen LogP contribution in [0.4, 0.5) is 11.4 Å². The number of hydrogen-bond acceptors (Lipinski definition) is 3. The zero-order chi connectivity index (χ0) is 13.2. The Morgan fingerprint density at radius 2 is 1.95 bits per heavy atom. The van der Waals surface area contributed by atoms with Gasteiger partial charge in [-0.05, 0) is 44.0 Å². The van der Waals surface area contributed by atoms with E-state index in [1.165, 1.54) is 37.8 Å². The van der Waals surface area contributed by atoms with Crippen LogP contribution in [0.15, 0.2) is 24.3 Å². The van der Waals surface area contributed by atoms with Crippen molar-refractivity contribution in [3.63, 3.8) is 0 Å². The molecular formula is C16H21N3. The molecule has 3 rings (SSSR count). The van der Waals surface area contributed by atoms with Crippen LogP contribution in [0.1, 0.15) is 37.8 Å². The van der Waals surface area contributed by atoms with Crippen molar-refractivity contribution >= 4 is 22.3 Å². The Labute approximate surface area is 114 Å². The SMILES string of the molecule is Cc1cc(NC2CCCCC2)c2cc(N)ccc2n1. The van der Waals surface area contributed by atoms with Crippen LogP contribution < -0.4 is 11.1 Å². The van der Waals surface area contributed by atoms with Crippen LogP contribution in [0.25, 0.3) is 10.9 Å². The van der Waals surface area contributed by atoms with Gasteiger partial charge in [0.25, 0.3) is 0 Å². The standard InChI is InChI=1S/C16H21N3/c1-11-9-16(19-13-5-3-2-4-6-13)14-10-12(17)7-8-15(14)18-11/h7-10,13H,2-6,17H2,1H3,(H,18,19). The fourth-order valence-corrected chi connectivity index (χ4v) is 2.96. The predicted molar refractivity (Wildman–Crippen MR) is 81.4 cm³/mol. The number of hydrogen-bond donors (Lipinski definition) is 2. The highest BCUT2D eigenvalue weighted by molar-refractivity contribution is 5.93. The third-order valence-electron chi connectivity index (χ3n) is 3.93. The molecular weight excluding hydrogens is 234 g/mol. The summed E-state index contributed by atoms with van der Waals surface area (Å²) >= 11 is 0. The Bertz CT molecular complexity index is 586. The summed E-state index contributed by atoms with van der Waals surface area (Å²) in [6.07, 6.45) is 6.58. The maximum atomic E-state index is 5.91. The van der Waals surface area contributed by atoms with Gasteiger partial charge >= 0.3 is 0 Å². The van der Waals surface area contributed by atoms with E-state index in [0.29, 0.717) is 6.04 Å². The lowest BCUT2D eigenvalue weighted by Gasteiger charge is -2.24. The first-order valence-corrected chi connectivity index (χ1v) is 7.16. The van der Waals surface area contributed by atoms with E-state index >= 15 is 0 Å². The molecule has 0 aliphatic heterocycles. The summed E-state index contributed by atoms with van der Waals surface area (Å²) in [5, 5.41) is 4.83.